The molecule has 2 aromatic carbocycles. The summed E-state index contributed by atoms with van der Waals surface area (Å²) in [5, 5.41) is 13.0. The van der Waals surface area contributed by atoms with E-state index in [1.54, 1.807) is 6.07 Å². The first kappa shape index (κ1) is 22.0. The maximum atomic E-state index is 14.8. The van der Waals surface area contributed by atoms with Crippen LogP contribution in [0.1, 0.15) is 22.6 Å². The van der Waals surface area contributed by atoms with Crippen LogP contribution in [0.4, 0.5) is 8.78 Å². The maximum Gasteiger partial charge on any atom is 0.201 e. The molecular weight excluding hydrogens is 412 g/mol. The summed E-state index contributed by atoms with van der Waals surface area (Å²) < 4.78 is 38.4. The molecule has 0 amide bonds. The van der Waals surface area contributed by atoms with Crippen molar-refractivity contribution in [2.45, 2.75) is 26.8 Å². The highest BCUT2D eigenvalue weighted by atomic mass is 19.2. The molecule has 0 saturated carbocycles. The fraction of sp³-hybridized carbons (Fsp3) is 0.333. The van der Waals surface area contributed by atoms with E-state index in [-0.39, 0.29) is 12.4 Å². The van der Waals surface area contributed by atoms with Crippen LogP contribution in [0.3, 0.4) is 0 Å². The Labute approximate surface area is 185 Å². The van der Waals surface area contributed by atoms with Crippen LogP contribution in [0.15, 0.2) is 30.3 Å². The number of nitrogens with zero attached hydrogens (tertiary/aromatic N) is 4. The summed E-state index contributed by atoms with van der Waals surface area (Å²) in [4.78, 5) is 0. The average molecular weight is 440 g/mol. The van der Waals surface area contributed by atoms with Crippen molar-refractivity contribution in [2.75, 3.05) is 13.7 Å². The third-order valence-corrected chi connectivity index (χ3v) is 5.89. The molecule has 168 valence electrons. The molecule has 0 aliphatic heterocycles. The number of rotatable bonds is 7. The van der Waals surface area contributed by atoms with E-state index in [1.165, 1.54) is 0 Å². The van der Waals surface area contributed by atoms with Crippen LogP contribution in [0.2, 0.25) is 0 Å². The quantitative estimate of drug-likeness (QED) is 0.469. The normalized spacial score (nSPS) is 11.5. The molecule has 0 spiro atoms. The van der Waals surface area contributed by atoms with Gasteiger partial charge in [0.05, 0.1) is 23.5 Å². The van der Waals surface area contributed by atoms with Crippen molar-refractivity contribution >= 4 is 10.9 Å². The molecule has 6 nitrogen and oxygen atoms in total. The summed E-state index contributed by atoms with van der Waals surface area (Å²) in [7, 11) is 5.63. The molecule has 8 heteroatoms. The van der Waals surface area contributed by atoms with Gasteiger partial charge in [-0.25, -0.2) is 4.39 Å². The first-order chi connectivity index (χ1) is 15.3. The van der Waals surface area contributed by atoms with Crippen LogP contribution in [0.5, 0.6) is 5.75 Å². The van der Waals surface area contributed by atoms with Crippen LogP contribution in [0.25, 0.3) is 22.0 Å². The predicted molar refractivity (Wildman–Crippen MR) is 121 cm³/mol. The molecule has 4 aromatic rings. The number of benzene rings is 2. The van der Waals surface area contributed by atoms with Crippen molar-refractivity contribution in [1.82, 2.24) is 24.9 Å². The van der Waals surface area contributed by atoms with Crippen molar-refractivity contribution < 1.29 is 13.5 Å². The van der Waals surface area contributed by atoms with Gasteiger partial charge >= 0.3 is 0 Å². The molecule has 0 unspecified atom stereocenters. The van der Waals surface area contributed by atoms with E-state index in [0.717, 1.165) is 45.2 Å². The first-order valence-electron chi connectivity index (χ1n) is 10.5. The molecule has 0 bridgehead atoms. The zero-order valence-electron chi connectivity index (χ0n) is 19.0. The number of ether oxygens (including phenoxy) is 1. The number of halogens is 2. The largest absolute Gasteiger partial charge is 0.489 e. The lowest BCUT2D eigenvalue weighted by Crippen LogP contribution is -2.07. The Morgan fingerprint density at radius 3 is 2.50 bits per heavy atom. The summed E-state index contributed by atoms with van der Waals surface area (Å²) in [6.07, 6.45) is 0.550. The maximum absolute atomic E-state index is 14.8. The van der Waals surface area contributed by atoms with Gasteiger partial charge in [-0.3, -0.25) is 9.36 Å². The van der Waals surface area contributed by atoms with Gasteiger partial charge in [-0.15, -0.1) is 0 Å². The Morgan fingerprint density at radius 2 is 1.81 bits per heavy atom. The summed E-state index contributed by atoms with van der Waals surface area (Å²) in [6.45, 7) is 4.73. The van der Waals surface area contributed by atoms with E-state index in [2.05, 4.69) is 15.5 Å². The second-order valence-electron chi connectivity index (χ2n) is 7.94. The summed E-state index contributed by atoms with van der Waals surface area (Å²) in [5.74, 6) is -2.00. The van der Waals surface area contributed by atoms with Gasteiger partial charge in [0.15, 0.2) is 11.6 Å². The minimum absolute atomic E-state index is 0.0809. The lowest BCUT2D eigenvalue weighted by atomic mass is 10.0. The molecule has 2 aromatic heterocycles. The van der Waals surface area contributed by atoms with Gasteiger partial charge in [0.2, 0.25) is 5.82 Å². The average Bonchev–Trinajstić information content (AvgIpc) is 3.20. The highest BCUT2D eigenvalue weighted by molar-refractivity contribution is 5.88. The number of nitrogens with one attached hydrogen (secondary N) is 1. The number of aromatic nitrogens is 4. The predicted octanol–water partition coefficient (Wildman–Crippen LogP) is 4.21. The molecule has 0 atom stereocenters. The van der Waals surface area contributed by atoms with Gasteiger partial charge in [-0.2, -0.15) is 14.6 Å². The molecule has 0 fully saturated rings. The Hall–Kier alpha value is -3.26. The zero-order chi connectivity index (χ0) is 23.0. The van der Waals surface area contributed by atoms with Gasteiger partial charge < -0.3 is 10.1 Å². The van der Waals surface area contributed by atoms with Crippen molar-refractivity contribution in [3.63, 3.8) is 0 Å². The van der Waals surface area contributed by atoms with E-state index in [9.17, 15) is 8.78 Å². The molecule has 1 N–H and O–H groups in total. The molecule has 0 saturated heterocycles. The van der Waals surface area contributed by atoms with Crippen LogP contribution in [0, 0.1) is 25.5 Å². The summed E-state index contributed by atoms with van der Waals surface area (Å²) in [5.41, 5.74) is 6.10. The third kappa shape index (κ3) is 3.86. The number of hydrogen-bond donors (Lipinski definition) is 1. The Balaban J connectivity index is 1.69. The number of hydrogen-bond acceptors (Lipinski definition) is 4. The van der Waals surface area contributed by atoms with E-state index in [1.807, 2.05) is 62.6 Å². The van der Waals surface area contributed by atoms with Crippen LogP contribution in [-0.4, -0.2) is 33.2 Å². The van der Waals surface area contributed by atoms with Crippen LogP contribution >= 0.6 is 0 Å². The molecule has 2 heterocycles. The SMILES string of the molecule is CNCc1nn(C)c2ccc(-c3ccc(F)c(F)c3OCCc3c(C)nn(C)c3C)cc12. The third-order valence-electron chi connectivity index (χ3n) is 5.89. The fourth-order valence-electron chi connectivity index (χ4n) is 4.14. The molecule has 0 aliphatic carbocycles. The Bertz CT molecular complexity index is 1290. The van der Waals surface area contributed by atoms with Crippen molar-refractivity contribution in [3.05, 3.63) is 64.6 Å². The van der Waals surface area contributed by atoms with E-state index < -0.39 is 11.6 Å². The number of fused-ring (bicyclic) bond motifs is 1. The van der Waals surface area contributed by atoms with Crippen molar-refractivity contribution in [3.8, 4) is 16.9 Å². The topological polar surface area (TPSA) is 56.9 Å². The molecule has 32 heavy (non-hydrogen) atoms. The Kier molecular flexibility index (Phi) is 5.97. The van der Waals surface area contributed by atoms with Crippen LogP contribution in [-0.2, 0) is 27.1 Å². The summed E-state index contributed by atoms with van der Waals surface area (Å²) >= 11 is 0. The van der Waals surface area contributed by atoms with Gasteiger partial charge in [-0.05, 0) is 56.3 Å². The van der Waals surface area contributed by atoms with Gasteiger partial charge in [0.25, 0.3) is 0 Å². The van der Waals surface area contributed by atoms with Gasteiger partial charge in [0, 0.05) is 43.7 Å². The molecule has 0 aliphatic rings. The fourth-order valence-corrected chi connectivity index (χ4v) is 4.14. The second kappa shape index (κ2) is 8.70. The van der Waals surface area contributed by atoms with Crippen LogP contribution < -0.4 is 10.1 Å². The smallest absolute Gasteiger partial charge is 0.201 e. The van der Waals surface area contributed by atoms with Crippen molar-refractivity contribution in [1.29, 1.82) is 0 Å². The van der Waals surface area contributed by atoms with Crippen molar-refractivity contribution in [2.24, 2.45) is 14.1 Å². The Morgan fingerprint density at radius 1 is 1.03 bits per heavy atom. The van der Waals surface area contributed by atoms with E-state index >= 15 is 0 Å². The monoisotopic (exact) mass is 439 g/mol. The molecular formula is C24H27F2N5O. The van der Waals surface area contributed by atoms with E-state index in [0.29, 0.717) is 18.5 Å². The highest BCUT2D eigenvalue weighted by Crippen LogP contribution is 2.36. The first-order valence-corrected chi connectivity index (χ1v) is 10.5. The van der Waals surface area contributed by atoms with Gasteiger partial charge in [0.1, 0.15) is 0 Å². The standard InChI is InChI=1S/C24H27F2N5O/c1-14-17(15(2)30(4)28-14)10-11-32-24-18(7-8-20(25)23(24)26)16-6-9-22-19(12-16)21(13-27-3)29-31(22)5/h6-9,12,27H,10-11,13H2,1-5H3. The summed E-state index contributed by atoms with van der Waals surface area (Å²) in [6, 6.07) is 8.45. The number of aryl methyl sites for hydroxylation is 3. The minimum atomic E-state index is -0.983. The van der Waals surface area contributed by atoms with Gasteiger partial charge in [-0.1, -0.05) is 6.07 Å². The second-order valence-corrected chi connectivity index (χ2v) is 7.94. The van der Waals surface area contributed by atoms with E-state index in [4.69, 9.17) is 4.74 Å². The zero-order valence-corrected chi connectivity index (χ0v) is 19.0. The lowest BCUT2D eigenvalue weighted by Gasteiger charge is -2.14. The minimum Gasteiger partial charge on any atom is -0.489 e. The lowest BCUT2D eigenvalue weighted by molar-refractivity contribution is 0.300. The molecule has 0 radical (unpaired) electrons. The molecule has 4 rings (SSSR count). The highest BCUT2D eigenvalue weighted by Gasteiger charge is 2.19.